The molecule has 1 unspecified atom stereocenters. The van der Waals surface area contributed by atoms with E-state index in [4.69, 9.17) is 0 Å². The first kappa shape index (κ1) is 30.6. The van der Waals surface area contributed by atoms with Gasteiger partial charge in [-0.2, -0.15) is 13.2 Å². The molecule has 0 aliphatic carbocycles. The van der Waals surface area contributed by atoms with Crippen LogP contribution in [0.3, 0.4) is 0 Å². The SMILES string of the molecule is CCCNC(=O)C(C)N(Cc1ccc(F)cc1)C(=O)CN(c1cccc(C(F)(F)F)c1)S(=O)(=O)c1ccccc1. The van der Waals surface area contributed by atoms with Gasteiger partial charge in [-0.15, -0.1) is 0 Å². The number of rotatable bonds is 11. The van der Waals surface area contributed by atoms with E-state index in [0.29, 0.717) is 28.9 Å². The van der Waals surface area contributed by atoms with E-state index in [9.17, 15) is 35.6 Å². The number of nitrogens with zero attached hydrogens (tertiary/aromatic N) is 2. The highest BCUT2D eigenvalue weighted by molar-refractivity contribution is 7.92. The zero-order chi connectivity index (χ0) is 29.5. The lowest BCUT2D eigenvalue weighted by Gasteiger charge is -2.32. The third kappa shape index (κ3) is 7.59. The maximum absolute atomic E-state index is 13.7. The molecule has 0 saturated heterocycles. The maximum Gasteiger partial charge on any atom is 0.416 e. The lowest BCUT2D eigenvalue weighted by Crippen LogP contribution is -2.51. The molecule has 12 heteroatoms. The standard InChI is InChI=1S/C28H29F4N3O4S/c1-3-16-33-27(37)20(2)34(18-21-12-14-23(29)15-13-21)26(36)19-35(40(38,39)25-10-5-4-6-11-25)24-9-7-8-22(17-24)28(30,31)32/h4-15,17,20H,3,16,18-19H2,1-2H3,(H,33,37). The monoisotopic (exact) mass is 579 g/mol. The van der Waals surface area contributed by atoms with E-state index < -0.39 is 52.0 Å². The molecule has 40 heavy (non-hydrogen) atoms. The van der Waals surface area contributed by atoms with Gasteiger partial charge in [-0.25, -0.2) is 12.8 Å². The Morgan fingerprint density at radius 1 is 0.950 bits per heavy atom. The van der Waals surface area contributed by atoms with Crippen LogP contribution in [0.15, 0.2) is 83.8 Å². The summed E-state index contributed by atoms with van der Waals surface area (Å²) in [5.41, 5.74) is -1.01. The van der Waals surface area contributed by atoms with Crippen molar-refractivity contribution in [1.82, 2.24) is 10.2 Å². The second-order valence-electron chi connectivity index (χ2n) is 8.99. The summed E-state index contributed by atoms with van der Waals surface area (Å²) >= 11 is 0. The molecule has 0 aliphatic rings. The van der Waals surface area contributed by atoms with E-state index >= 15 is 0 Å². The Kier molecular flexibility index (Phi) is 9.91. The van der Waals surface area contributed by atoms with Crippen LogP contribution in [-0.2, 0) is 32.3 Å². The summed E-state index contributed by atoms with van der Waals surface area (Å²) in [6.45, 7) is 2.55. The highest BCUT2D eigenvalue weighted by Gasteiger charge is 2.35. The summed E-state index contributed by atoms with van der Waals surface area (Å²) in [4.78, 5) is 27.4. The number of carbonyl (C=O) groups is 2. The predicted molar refractivity (Wildman–Crippen MR) is 142 cm³/mol. The highest BCUT2D eigenvalue weighted by atomic mass is 32.2. The van der Waals surface area contributed by atoms with E-state index in [2.05, 4.69) is 5.32 Å². The average molecular weight is 580 g/mol. The second kappa shape index (κ2) is 12.9. The molecule has 7 nitrogen and oxygen atoms in total. The van der Waals surface area contributed by atoms with Crippen molar-refractivity contribution in [3.05, 3.63) is 95.8 Å². The number of hydrogen-bond acceptors (Lipinski definition) is 4. The van der Waals surface area contributed by atoms with Gasteiger partial charge in [0.1, 0.15) is 18.4 Å². The Morgan fingerprint density at radius 2 is 1.60 bits per heavy atom. The molecule has 1 N–H and O–H groups in total. The van der Waals surface area contributed by atoms with Gasteiger partial charge in [0.2, 0.25) is 11.8 Å². The zero-order valence-corrected chi connectivity index (χ0v) is 22.7. The van der Waals surface area contributed by atoms with Crippen LogP contribution in [0.2, 0.25) is 0 Å². The van der Waals surface area contributed by atoms with Crippen LogP contribution in [0.4, 0.5) is 23.2 Å². The normalized spacial score (nSPS) is 12.4. The predicted octanol–water partition coefficient (Wildman–Crippen LogP) is 4.98. The summed E-state index contributed by atoms with van der Waals surface area (Å²) in [5, 5.41) is 2.68. The number of nitrogens with one attached hydrogen (secondary N) is 1. The first-order valence-electron chi connectivity index (χ1n) is 12.4. The number of hydrogen-bond donors (Lipinski definition) is 1. The molecule has 0 radical (unpaired) electrons. The molecule has 214 valence electrons. The summed E-state index contributed by atoms with van der Waals surface area (Å²) < 4.78 is 81.8. The fraction of sp³-hybridized carbons (Fsp3) is 0.286. The van der Waals surface area contributed by atoms with Crippen molar-refractivity contribution in [1.29, 1.82) is 0 Å². The van der Waals surface area contributed by atoms with Crippen LogP contribution in [0.25, 0.3) is 0 Å². The molecule has 0 aromatic heterocycles. The van der Waals surface area contributed by atoms with Crippen molar-refractivity contribution in [2.45, 2.75) is 43.9 Å². The molecule has 0 aliphatic heterocycles. The Bertz CT molecular complexity index is 1420. The minimum atomic E-state index is -4.76. The smallest absolute Gasteiger partial charge is 0.354 e. The van der Waals surface area contributed by atoms with Crippen molar-refractivity contribution >= 4 is 27.5 Å². The Hall–Kier alpha value is -3.93. The van der Waals surface area contributed by atoms with Crippen molar-refractivity contribution < 1.29 is 35.6 Å². The van der Waals surface area contributed by atoms with Crippen molar-refractivity contribution in [3.8, 4) is 0 Å². The molecule has 3 aromatic rings. The lowest BCUT2D eigenvalue weighted by atomic mass is 10.1. The fourth-order valence-electron chi connectivity index (χ4n) is 3.85. The maximum atomic E-state index is 13.7. The average Bonchev–Trinajstić information content (AvgIpc) is 2.93. The molecular weight excluding hydrogens is 550 g/mol. The minimum absolute atomic E-state index is 0.179. The first-order chi connectivity index (χ1) is 18.8. The van der Waals surface area contributed by atoms with Crippen molar-refractivity contribution in [2.24, 2.45) is 0 Å². The van der Waals surface area contributed by atoms with Crippen LogP contribution in [0, 0.1) is 5.82 Å². The minimum Gasteiger partial charge on any atom is -0.354 e. The van der Waals surface area contributed by atoms with E-state index in [1.165, 1.54) is 55.5 Å². The second-order valence-corrected chi connectivity index (χ2v) is 10.9. The Balaban J connectivity index is 2.06. The number of anilines is 1. The number of halogens is 4. The molecule has 3 rings (SSSR count). The van der Waals surface area contributed by atoms with E-state index in [1.807, 2.05) is 6.92 Å². The summed E-state index contributed by atoms with van der Waals surface area (Å²) in [5.74, 6) is -1.87. The summed E-state index contributed by atoms with van der Waals surface area (Å²) in [6.07, 6.45) is -4.13. The molecule has 2 amide bonds. The van der Waals surface area contributed by atoms with Crippen LogP contribution >= 0.6 is 0 Å². The van der Waals surface area contributed by atoms with E-state index in [0.717, 1.165) is 23.1 Å². The van der Waals surface area contributed by atoms with Gasteiger partial charge in [0.25, 0.3) is 10.0 Å². The number of alkyl halides is 3. The first-order valence-corrected chi connectivity index (χ1v) is 13.8. The summed E-state index contributed by atoms with van der Waals surface area (Å²) in [7, 11) is -4.52. The highest BCUT2D eigenvalue weighted by Crippen LogP contribution is 2.33. The van der Waals surface area contributed by atoms with Crippen LogP contribution in [0.5, 0.6) is 0 Å². The van der Waals surface area contributed by atoms with Gasteiger partial charge in [0.15, 0.2) is 0 Å². The van der Waals surface area contributed by atoms with Gasteiger partial charge >= 0.3 is 6.18 Å². The molecule has 3 aromatic carbocycles. The van der Waals surface area contributed by atoms with Gasteiger partial charge in [0, 0.05) is 13.1 Å². The molecule has 0 saturated carbocycles. The number of benzene rings is 3. The Morgan fingerprint density at radius 3 is 2.20 bits per heavy atom. The molecule has 0 fully saturated rings. The van der Waals surface area contributed by atoms with Gasteiger partial charge in [-0.3, -0.25) is 13.9 Å². The number of amides is 2. The number of carbonyl (C=O) groups excluding carboxylic acids is 2. The number of sulfonamides is 1. The van der Waals surface area contributed by atoms with Crippen molar-refractivity contribution in [2.75, 3.05) is 17.4 Å². The molecule has 0 spiro atoms. The summed E-state index contributed by atoms with van der Waals surface area (Å²) in [6, 6.07) is 14.7. The zero-order valence-electron chi connectivity index (χ0n) is 21.9. The molecule has 0 bridgehead atoms. The van der Waals surface area contributed by atoms with E-state index in [1.54, 1.807) is 6.07 Å². The molecular formula is C28H29F4N3O4S. The van der Waals surface area contributed by atoms with Gasteiger partial charge < -0.3 is 10.2 Å². The van der Waals surface area contributed by atoms with Gasteiger partial charge in [-0.1, -0.05) is 43.3 Å². The topological polar surface area (TPSA) is 86.8 Å². The fourth-order valence-corrected chi connectivity index (χ4v) is 5.28. The lowest BCUT2D eigenvalue weighted by molar-refractivity contribution is -0.139. The van der Waals surface area contributed by atoms with Crippen LogP contribution < -0.4 is 9.62 Å². The third-order valence-electron chi connectivity index (χ3n) is 6.05. The Labute approximate surface area is 230 Å². The largest absolute Gasteiger partial charge is 0.416 e. The third-order valence-corrected chi connectivity index (χ3v) is 7.84. The van der Waals surface area contributed by atoms with Crippen molar-refractivity contribution in [3.63, 3.8) is 0 Å². The van der Waals surface area contributed by atoms with E-state index in [-0.39, 0.29) is 17.1 Å². The van der Waals surface area contributed by atoms with Crippen LogP contribution in [-0.4, -0.2) is 44.3 Å². The van der Waals surface area contributed by atoms with Gasteiger partial charge in [-0.05, 0) is 61.4 Å². The quantitative estimate of drug-likeness (QED) is 0.325. The van der Waals surface area contributed by atoms with Crippen LogP contribution in [0.1, 0.15) is 31.4 Å². The van der Waals surface area contributed by atoms with Gasteiger partial charge in [0.05, 0.1) is 16.1 Å². The molecule has 0 heterocycles. The molecule has 1 atom stereocenters.